The predicted octanol–water partition coefficient (Wildman–Crippen LogP) is 3.46. The lowest BCUT2D eigenvalue weighted by molar-refractivity contribution is 0.0923. The van der Waals surface area contributed by atoms with Gasteiger partial charge in [-0.3, -0.25) is 4.90 Å². The van der Waals surface area contributed by atoms with Crippen molar-refractivity contribution in [3.05, 3.63) is 29.8 Å². The summed E-state index contributed by atoms with van der Waals surface area (Å²) in [5.41, 5.74) is 1.37. The van der Waals surface area contributed by atoms with Crippen LogP contribution in [0.4, 0.5) is 0 Å². The first-order chi connectivity index (χ1) is 10.0. The van der Waals surface area contributed by atoms with Crippen molar-refractivity contribution in [2.45, 2.75) is 52.2 Å². The van der Waals surface area contributed by atoms with Crippen molar-refractivity contribution in [3.8, 4) is 5.75 Å². The molecule has 3 atom stereocenters. The summed E-state index contributed by atoms with van der Waals surface area (Å²) in [6.45, 7) is 11.5. The summed E-state index contributed by atoms with van der Waals surface area (Å²) in [5.74, 6) is 1.67. The van der Waals surface area contributed by atoms with Gasteiger partial charge < -0.3 is 10.1 Å². The zero-order valence-corrected chi connectivity index (χ0v) is 14.1. The van der Waals surface area contributed by atoms with Crippen LogP contribution >= 0.6 is 0 Å². The molecule has 1 heterocycles. The normalized spacial score (nSPS) is 25.0. The van der Waals surface area contributed by atoms with Gasteiger partial charge in [-0.15, -0.1) is 0 Å². The number of piperazine rings is 1. The van der Waals surface area contributed by atoms with Gasteiger partial charge in [-0.25, -0.2) is 0 Å². The van der Waals surface area contributed by atoms with Gasteiger partial charge in [0.25, 0.3) is 0 Å². The van der Waals surface area contributed by atoms with Crippen LogP contribution in [0.2, 0.25) is 0 Å². The van der Waals surface area contributed by atoms with E-state index in [4.69, 9.17) is 4.74 Å². The number of rotatable bonds is 5. The Bertz CT molecular complexity index is 429. The van der Waals surface area contributed by atoms with Crippen LogP contribution in [0.1, 0.15) is 45.7 Å². The minimum absolute atomic E-state index is 0.447. The lowest BCUT2D eigenvalue weighted by atomic mass is 9.97. The third-order valence-corrected chi connectivity index (χ3v) is 4.55. The van der Waals surface area contributed by atoms with Crippen LogP contribution in [-0.2, 0) is 0 Å². The SMILES string of the molecule is COc1ccc(C(C)N2CC(CC(C)C)NCC2C)cc1. The highest BCUT2D eigenvalue weighted by atomic mass is 16.5. The maximum atomic E-state index is 5.25. The van der Waals surface area contributed by atoms with Crippen LogP contribution in [-0.4, -0.2) is 37.2 Å². The molecular weight excluding hydrogens is 260 g/mol. The summed E-state index contributed by atoms with van der Waals surface area (Å²) < 4.78 is 5.25. The molecule has 0 aliphatic carbocycles. The molecular formula is C18H30N2O. The molecule has 0 saturated carbocycles. The van der Waals surface area contributed by atoms with E-state index >= 15 is 0 Å². The second-order valence-corrected chi connectivity index (χ2v) is 6.73. The fourth-order valence-corrected chi connectivity index (χ4v) is 3.29. The minimum atomic E-state index is 0.447. The van der Waals surface area contributed by atoms with Gasteiger partial charge >= 0.3 is 0 Å². The van der Waals surface area contributed by atoms with Crippen molar-refractivity contribution in [1.82, 2.24) is 10.2 Å². The van der Waals surface area contributed by atoms with E-state index in [9.17, 15) is 0 Å². The van der Waals surface area contributed by atoms with Crippen LogP contribution in [0, 0.1) is 5.92 Å². The molecule has 0 amide bonds. The molecule has 1 aliphatic heterocycles. The Morgan fingerprint density at radius 3 is 2.48 bits per heavy atom. The fourth-order valence-electron chi connectivity index (χ4n) is 3.29. The van der Waals surface area contributed by atoms with E-state index in [0.29, 0.717) is 18.1 Å². The molecule has 3 heteroatoms. The van der Waals surface area contributed by atoms with Crippen LogP contribution in [0.3, 0.4) is 0 Å². The van der Waals surface area contributed by atoms with Gasteiger partial charge in [-0.05, 0) is 43.9 Å². The van der Waals surface area contributed by atoms with Gasteiger partial charge in [-0.2, -0.15) is 0 Å². The van der Waals surface area contributed by atoms with Crippen molar-refractivity contribution < 1.29 is 4.74 Å². The number of benzene rings is 1. The number of ether oxygens (including phenoxy) is 1. The Balaban J connectivity index is 2.05. The van der Waals surface area contributed by atoms with Gasteiger partial charge in [0.2, 0.25) is 0 Å². The summed E-state index contributed by atoms with van der Waals surface area (Å²) in [5, 5.41) is 3.69. The van der Waals surface area contributed by atoms with Crippen molar-refractivity contribution in [3.63, 3.8) is 0 Å². The largest absolute Gasteiger partial charge is 0.497 e. The maximum Gasteiger partial charge on any atom is 0.118 e. The zero-order chi connectivity index (χ0) is 15.4. The van der Waals surface area contributed by atoms with Gasteiger partial charge in [0, 0.05) is 31.2 Å². The maximum absolute atomic E-state index is 5.25. The Morgan fingerprint density at radius 2 is 1.90 bits per heavy atom. The average molecular weight is 290 g/mol. The molecule has 2 rings (SSSR count). The van der Waals surface area contributed by atoms with Crippen molar-refractivity contribution in [1.29, 1.82) is 0 Å². The molecule has 1 saturated heterocycles. The van der Waals surface area contributed by atoms with Crippen molar-refractivity contribution in [2.24, 2.45) is 5.92 Å². The molecule has 0 bridgehead atoms. The van der Waals surface area contributed by atoms with E-state index in [0.717, 1.165) is 24.8 Å². The third kappa shape index (κ3) is 4.21. The standard InChI is InChI=1S/C18H30N2O/c1-13(2)10-17-12-20(14(3)11-19-17)15(4)16-6-8-18(21-5)9-7-16/h6-9,13-15,17,19H,10-12H2,1-5H3. The summed E-state index contributed by atoms with van der Waals surface area (Å²) in [6.07, 6.45) is 1.25. The first kappa shape index (κ1) is 16.3. The highest BCUT2D eigenvalue weighted by molar-refractivity contribution is 5.29. The molecule has 21 heavy (non-hydrogen) atoms. The van der Waals surface area contributed by atoms with E-state index < -0.39 is 0 Å². The van der Waals surface area contributed by atoms with E-state index in [1.807, 2.05) is 0 Å². The third-order valence-electron chi connectivity index (χ3n) is 4.55. The summed E-state index contributed by atoms with van der Waals surface area (Å²) >= 11 is 0. The van der Waals surface area contributed by atoms with E-state index in [2.05, 4.69) is 62.2 Å². The second kappa shape index (κ2) is 7.28. The van der Waals surface area contributed by atoms with Gasteiger partial charge in [0.1, 0.15) is 5.75 Å². The Kier molecular flexibility index (Phi) is 5.65. The van der Waals surface area contributed by atoms with Crippen LogP contribution in [0.25, 0.3) is 0 Å². The first-order valence-corrected chi connectivity index (χ1v) is 8.14. The summed E-state index contributed by atoms with van der Waals surface area (Å²) in [7, 11) is 1.72. The monoisotopic (exact) mass is 290 g/mol. The van der Waals surface area contributed by atoms with Crippen LogP contribution in [0.15, 0.2) is 24.3 Å². The number of nitrogens with one attached hydrogen (secondary N) is 1. The highest BCUT2D eigenvalue weighted by Crippen LogP contribution is 2.27. The van der Waals surface area contributed by atoms with E-state index in [1.54, 1.807) is 7.11 Å². The van der Waals surface area contributed by atoms with E-state index in [1.165, 1.54) is 12.0 Å². The minimum Gasteiger partial charge on any atom is -0.497 e. The molecule has 3 nitrogen and oxygen atoms in total. The zero-order valence-electron chi connectivity index (χ0n) is 14.1. The number of hydrogen-bond donors (Lipinski definition) is 1. The lowest BCUT2D eigenvalue weighted by Gasteiger charge is -2.43. The fraction of sp³-hybridized carbons (Fsp3) is 0.667. The summed E-state index contributed by atoms with van der Waals surface area (Å²) in [6, 6.07) is 10.1. The topological polar surface area (TPSA) is 24.5 Å². The average Bonchev–Trinajstić information content (AvgIpc) is 2.48. The Morgan fingerprint density at radius 1 is 1.24 bits per heavy atom. The molecule has 0 spiro atoms. The van der Waals surface area contributed by atoms with Gasteiger partial charge in [0.15, 0.2) is 0 Å². The molecule has 1 N–H and O–H groups in total. The van der Waals surface area contributed by atoms with Crippen LogP contribution in [0.5, 0.6) is 5.75 Å². The second-order valence-electron chi connectivity index (χ2n) is 6.73. The first-order valence-electron chi connectivity index (χ1n) is 8.14. The highest BCUT2D eigenvalue weighted by Gasteiger charge is 2.29. The van der Waals surface area contributed by atoms with E-state index in [-0.39, 0.29) is 0 Å². The molecule has 1 aliphatic rings. The number of nitrogens with zero attached hydrogens (tertiary/aromatic N) is 1. The number of hydrogen-bond acceptors (Lipinski definition) is 3. The van der Waals surface area contributed by atoms with Crippen molar-refractivity contribution >= 4 is 0 Å². The van der Waals surface area contributed by atoms with Crippen LogP contribution < -0.4 is 10.1 Å². The molecule has 3 unspecified atom stereocenters. The molecule has 0 aromatic heterocycles. The predicted molar refractivity (Wildman–Crippen MR) is 88.8 cm³/mol. The molecule has 1 aromatic carbocycles. The quantitative estimate of drug-likeness (QED) is 0.898. The molecule has 1 fully saturated rings. The van der Waals surface area contributed by atoms with Crippen molar-refractivity contribution in [2.75, 3.05) is 20.2 Å². The lowest BCUT2D eigenvalue weighted by Crippen LogP contribution is -2.56. The molecule has 0 radical (unpaired) electrons. The van der Waals surface area contributed by atoms with Gasteiger partial charge in [0.05, 0.1) is 7.11 Å². The smallest absolute Gasteiger partial charge is 0.118 e. The molecule has 1 aromatic rings. The van der Waals surface area contributed by atoms with Gasteiger partial charge in [-0.1, -0.05) is 26.0 Å². The Labute approximate surface area is 129 Å². The molecule has 118 valence electrons. The summed E-state index contributed by atoms with van der Waals surface area (Å²) in [4.78, 5) is 2.63. The number of methoxy groups -OCH3 is 1. The Hall–Kier alpha value is -1.06.